The predicted octanol–water partition coefficient (Wildman–Crippen LogP) is 2.35. The molecule has 5 heteroatoms. The second-order valence-corrected chi connectivity index (χ2v) is 6.60. The first-order valence-electron chi connectivity index (χ1n) is 6.92. The molecule has 1 saturated carbocycles. The highest BCUT2D eigenvalue weighted by Gasteiger charge is 2.29. The maximum atomic E-state index is 12.1. The molecule has 0 atom stereocenters. The van der Waals surface area contributed by atoms with Crippen LogP contribution in [0, 0.1) is 0 Å². The summed E-state index contributed by atoms with van der Waals surface area (Å²) in [6.07, 6.45) is 2.31. The normalized spacial score (nSPS) is 14.9. The summed E-state index contributed by atoms with van der Waals surface area (Å²) in [5.74, 6) is 0.205. The molecule has 0 saturated heterocycles. The lowest BCUT2D eigenvalue weighted by Gasteiger charge is -2.20. The van der Waals surface area contributed by atoms with Crippen LogP contribution in [0.25, 0.3) is 10.2 Å². The van der Waals surface area contributed by atoms with Crippen molar-refractivity contribution < 1.29 is 4.79 Å². The van der Waals surface area contributed by atoms with Crippen molar-refractivity contribution in [2.24, 2.45) is 0 Å². The van der Waals surface area contributed by atoms with E-state index < -0.39 is 0 Å². The molecule has 1 heterocycles. The fourth-order valence-corrected chi connectivity index (χ4v) is 3.33. The van der Waals surface area contributed by atoms with Crippen LogP contribution >= 0.6 is 11.3 Å². The Hall–Kier alpha value is -1.46. The Morgan fingerprint density at radius 2 is 2.10 bits per heavy atom. The Labute approximate surface area is 123 Å². The zero-order valence-corrected chi connectivity index (χ0v) is 12.7. The molecule has 0 N–H and O–H groups in total. The Bertz CT molecular complexity index is 587. The molecule has 1 aromatic carbocycles. The number of amides is 1. The standard InChI is InChI=1S/C15H19N3OS/c1-17(10-15(19)18(2)11-7-8-11)9-14-16-12-5-3-4-6-13(12)20-14/h3-6,11H,7-10H2,1-2H3. The second-order valence-electron chi connectivity index (χ2n) is 5.48. The monoisotopic (exact) mass is 289 g/mol. The Morgan fingerprint density at radius 3 is 2.80 bits per heavy atom. The number of nitrogens with zero attached hydrogens (tertiary/aromatic N) is 3. The number of hydrogen-bond acceptors (Lipinski definition) is 4. The van der Waals surface area contributed by atoms with Crippen molar-refractivity contribution in [3.63, 3.8) is 0 Å². The molecule has 1 aliphatic carbocycles. The SMILES string of the molecule is CN(CC(=O)N(C)C1CC1)Cc1nc2ccccc2s1. The number of carbonyl (C=O) groups excluding carboxylic acids is 1. The number of thiazole rings is 1. The molecule has 3 rings (SSSR count). The van der Waals surface area contributed by atoms with Crippen molar-refractivity contribution >= 4 is 27.5 Å². The largest absolute Gasteiger partial charge is 0.342 e. The molecule has 0 spiro atoms. The first-order chi connectivity index (χ1) is 9.63. The molecule has 1 amide bonds. The van der Waals surface area contributed by atoms with Gasteiger partial charge in [-0.05, 0) is 32.0 Å². The number of rotatable bonds is 5. The number of benzene rings is 1. The fraction of sp³-hybridized carbons (Fsp3) is 0.467. The van der Waals surface area contributed by atoms with E-state index in [1.54, 1.807) is 11.3 Å². The van der Waals surface area contributed by atoms with Gasteiger partial charge in [0.1, 0.15) is 5.01 Å². The predicted molar refractivity (Wildman–Crippen MR) is 81.7 cm³/mol. The average molecular weight is 289 g/mol. The number of carbonyl (C=O) groups is 1. The van der Waals surface area contributed by atoms with Crippen molar-refractivity contribution in [3.05, 3.63) is 29.3 Å². The first-order valence-corrected chi connectivity index (χ1v) is 7.74. The van der Waals surface area contributed by atoms with E-state index >= 15 is 0 Å². The van der Waals surface area contributed by atoms with E-state index in [0.717, 1.165) is 29.9 Å². The minimum Gasteiger partial charge on any atom is -0.342 e. The number of hydrogen-bond donors (Lipinski definition) is 0. The van der Waals surface area contributed by atoms with Gasteiger partial charge in [0.25, 0.3) is 0 Å². The maximum Gasteiger partial charge on any atom is 0.236 e. The Kier molecular flexibility index (Phi) is 3.72. The number of aromatic nitrogens is 1. The fourth-order valence-electron chi connectivity index (χ4n) is 2.28. The average Bonchev–Trinajstić information content (AvgIpc) is 3.18. The van der Waals surface area contributed by atoms with E-state index in [1.807, 2.05) is 42.1 Å². The van der Waals surface area contributed by atoms with Gasteiger partial charge >= 0.3 is 0 Å². The van der Waals surface area contributed by atoms with Gasteiger partial charge in [-0.3, -0.25) is 9.69 Å². The third-order valence-corrected chi connectivity index (χ3v) is 4.66. The van der Waals surface area contributed by atoms with Gasteiger partial charge in [-0.2, -0.15) is 0 Å². The topological polar surface area (TPSA) is 36.4 Å². The summed E-state index contributed by atoms with van der Waals surface area (Å²) in [4.78, 5) is 20.6. The van der Waals surface area contributed by atoms with Gasteiger partial charge in [0.05, 0.1) is 23.3 Å². The van der Waals surface area contributed by atoms with Crippen LogP contribution in [0.5, 0.6) is 0 Å². The van der Waals surface area contributed by atoms with E-state index in [9.17, 15) is 4.79 Å². The van der Waals surface area contributed by atoms with Gasteiger partial charge in [-0.1, -0.05) is 12.1 Å². The molecule has 1 aromatic heterocycles. The van der Waals surface area contributed by atoms with Crippen molar-refractivity contribution in [2.75, 3.05) is 20.6 Å². The quantitative estimate of drug-likeness (QED) is 0.848. The molecule has 2 aromatic rings. The molecule has 1 fully saturated rings. The zero-order chi connectivity index (χ0) is 14.1. The highest BCUT2D eigenvalue weighted by atomic mass is 32.1. The second kappa shape index (κ2) is 5.50. The first kappa shape index (κ1) is 13.5. The van der Waals surface area contributed by atoms with Gasteiger partial charge in [-0.15, -0.1) is 11.3 Å². The zero-order valence-electron chi connectivity index (χ0n) is 11.9. The summed E-state index contributed by atoms with van der Waals surface area (Å²) < 4.78 is 1.21. The molecule has 0 radical (unpaired) electrons. The maximum absolute atomic E-state index is 12.1. The van der Waals surface area contributed by atoms with E-state index in [4.69, 9.17) is 0 Å². The van der Waals surface area contributed by atoms with Crippen molar-refractivity contribution in [1.29, 1.82) is 0 Å². The van der Waals surface area contributed by atoms with Crippen LogP contribution in [0.1, 0.15) is 17.8 Å². The van der Waals surface area contributed by atoms with Crippen molar-refractivity contribution in [1.82, 2.24) is 14.8 Å². The van der Waals surface area contributed by atoms with Crippen LogP contribution in [0.4, 0.5) is 0 Å². The van der Waals surface area contributed by atoms with Gasteiger partial charge < -0.3 is 4.90 Å². The lowest BCUT2D eigenvalue weighted by molar-refractivity contribution is -0.131. The van der Waals surface area contributed by atoms with Crippen LogP contribution in [0.2, 0.25) is 0 Å². The van der Waals surface area contributed by atoms with Crippen LogP contribution in [0.15, 0.2) is 24.3 Å². The molecule has 106 valence electrons. The molecule has 0 unspecified atom stereocenters. The van der Waals surface area contributed by atoms with E-state index in [2.05, 4.69) is 11.1 Å². The summed E-state index contributed by atoms with van der Waals surface area (Å²) >= 11 is 1.70. The molecule has 20 heavy (non-hydrogen) atoms. The van der Waals surface area contributed by atoms with E-state index in [1.165, 1.54) is 4.70 Å². The van der Waals surface area contributed by atoms with Gasteiger partial charge in [-0.25, -0.2) is 4.98 Å². The van der Waals surface area contributed by atoms with Gasteiger partial charge in [0, 0.05) is 13.1 Å². The van der Waals surface area contributed by atoms with Crippen LogP contribution in [0.3, 0.4) is 0 Å². The third-order valence-electron chi connectivity index (χ3n) is 3.64. The molecular weight excluding hydrogens is 270 g/mol. The Balaban J connectivity index is 1.60. The molecule has 0 bridgehead atoms. The van der Waals surface area contributed by atoms with E-state index in [-0.39, 0.29) is 5.91 Å². The van der Waals surface area contributed by atoms with Crippen LogP contribution in [-0.4, -0.2) is 47.4 Å². The van der Waals surface area contributed by atoms with E-state index in [0.29, 0.717) is 12.6 Å². The number of para-hydroxylation sites is 1. The third kappa shape index (κ3) is 2.99. The molecule has 4 nitrogen and oxygen atoms in total. The summed E-state index contributed by atoms with van der Waals surface area (Å²) in [6.45, 7) is 1.19. The number of fused-ring (bicyclic) bond motifs is 1. The minimum absolute atomic E-state index is 0.205. The smallest absolute Gasteiger partial charge is 0.236 e. The van der Waals surface area contributed by atoms with Crippen molar-refractivity contribution in [2.45, 2.75) is 25.4 Å². The summed E-state index contributed by atoms with van der Waals surface area (Å²) in [7, 11) is 3.89. The van der Waals surface area contributed by atoms with Crippen LogP contribution in [-0.2, 0) is 11.3 Å². The molecular formula is C15H19N3OS. The molecule has 0 aliphatic heterocycles. The van der Waals surface area contributed by atoms with Crippen LogP contribution < -0.4 is 0 Å². The highest BCUT2D eigenvalue weighted by molar-refractivity contribution is 7.18. The van der Waals surface area contributed by atoms with Gasteiger partial charge in [0.15, 0.2) is 0 Å². The highest BCUT2D eigenvalue weighted by Crippen LogP contribution is 2.25. The van der Waals surface area contributed by atoms with Gasteiger partial charge in [0.2, 0.25) is 5.91 Å². The summed E-state index contributed by atoms with van der Waals surface area (Å²) in [5, 5.41) is 1.07. The lowest BCUT2D eigenvalue weighted by Crippen LogP contribution is -2.37. The Morgan fingerprint density at radius 1 is 1.35 bits per heavy atom. The minimum atomic E-state index is 0.205. The molecule has 1 aliphatic rings. The lowest BCUT2D eigenvalue weighted by atomic mass is 10.3. The van der Waals surface area contributed by atoms with Crippen molar-refractivity contribution in [3.8, 4) is 0 Å². The number of likely N-dealkylation sites (N-methyl/N-ethyl adjacent to an activating group) is 2. The summed E-state index contributed by atoms with van der Waals surface area (Å²) in [5.41, 5.74) is 1.04. The summed E-state index contributed by atoms with van der Waals surface area (Å²) in [6, 6.07) is 8.63.